The van der Waals surface area contributed by atoms with Gasteiger partial charge in [0.1, 0.15) is 5.82 Å². The molecule has 32 heavy (non-hydrogen) atoms. The van der Waals surface area contributed by atoms with Crippen molar-refractivity contribution < 1.29 is 18.4 Å². The molecule has 0 aliphatic heterocycles. The lowest BCUT2D eigenvalue weighted by Crippen LogP contribution is -2.49. The number of anilines is 1. The number of amides is 1. The summed E-state index contributed by atoms with van der Waals surface area (Å²) in [6.45, 7) is 1.21. The van der Waals surface area contributed by atoms with E-state index in [-0.39, 0.29) is 18.5 Å². The van der Waals surface area contributed by atoms with Gasteiger partial charge in [0, 0.05) is 50.2 Å². The van der Waals surface area contributed by atoms with Gasteiger partial charge in [-0.1, -0.05) is 6.07 Å². The van der Waals surface area contributed by atoms with Crippen molar-refractivity contribution in [2.24, 2.45) is 0 Å². The van der Waals surface area contributed by atoms with Crippen LogP contribution in [0, 0.1) is 0 Å². The third-order valence-electron chi connectivity index (χ3n) is 5.75. The molecule has 1 aromatic carbocycles. The third-order valence-corrected chi connectivity index (χ3v) is 7.77. The number of carbonyl (C=O) groups is 1. The van der Waals surface area contributed by atoms with Gasteiger partial charge in [-0.15, -0.1) is 0 Å². The lowest BCUT2D eigenvalue weighted by molar-refractivity contribution is -0.131. The Labute approximate surface area is 186 Å². The summed E-state index contributed by atoms with van der Waals surface area (Å²) < 4.78 is 23.8. The number of rotatable bonds is 7. The van der Waals surface area contributed by atoms with Crippen LogP contribution in [-0.2, 0) is 21.2 Å². The molecule has 3 rings (SSSR count). The maximum absolute atomic E-state index is 12.9. The smallest absolute Gasteiger partial charge is 0.264 e. The third kappa shape index (κ3) is 4.37. The van der Waals surface area contributed by atoms with E-state index in [2.05, 4.69) is 4.98 Å². The number of aromatic nitrogens is 2. The second kappa shape index (κ2) is 8.71. The topological polar surface area (TPSA) is 122 Å². The molecule has 0 spiro atoms. The standard InChI is InChI=1S/C22H26N4O5S/c1-22(21(28)24-29,32(4,30)31)10-12-26-11-9-16-13-15(5-7-18(16)20(26)27)17-6-8-19(23-14-17)25(2)3/h5-9,11,13-14,29H,10,12H2,1-4H3,(H,24,28)/t22-/m0/s1. The molecule has 0 fully saturated rings. The van der Waals surface area contributed by atoms with Crippen molar-refractivity contribution in [2.45, 2.75) is 24.6 Å². The Morgan fingerprint density at radius 1 is 1.19 bits per heavy atom. The van der Waals surface area contributed by atoms with Gasteiger partial charge in [-0.05, 0) is 54.6 Å². The molecule has 2 heterocycles. The second-order valence-corrected chi connectivity index (χ2v) is 10.6. The summed E-state index contributed by atoms with van der Waals surface area (Å²) in [6.07, 6.45) is 4.09. The molecule has 10 heteroatoms. The summed E-state index contributed by atoms with van der Waals surface area (Å²) in [6, 6.07) is 11.1. The summed E-state index contributed by atoms with van der Waals surface area (Å²) in [5.41, 5.74) is 2.95. The fraction of sp³-hybridized carbons (Fsp3) is 0.318. The lowest BCUT2D eigenvalue weighted by Gasteiger charge is -2.25. The Morgan fingerprint density at radius 2 is 1.88 bits per heavy atom. The Kier molecular flexibility index (Phi) is 6.38. The van der Waals surface area contributed by atoms with E-state index in [0.29, 0.717) is 5.39 Å². The fourth-order valence-electron chi connectivity index (χ4n) is 3.38. The van der Waals surface area contributed by atoms with Gasteiger partial charge in [0.05, 0.1) is 0 Å². The number of fused-ring (bicyclic) bond motifs is 1. The van der Waals surface area contributed by atoms with Gasteiger partial charge in [0.15, 0.2) is 14.6 Å². The Bertz CT molecular complexity index is 1320. The molecular weight excluding hydrogens is 432 g/mol. The predicted molar refractivity (Wildman–Crippen MR) is 124 cm³/mol. The number of nitrogens with one attached hydrogen (secondary N) is 1. The lowest BCUT2D eigenvalue weighted by atomic mass is 10.0. The number of nitrogens with zero attached hydrogens (tertiary/aromatic N) is 3. The van der Waals surface area contributed by atoms with Crippen LogP contribution >= 0.6 is 0 Å². The molecule has 0 aliphatic rings. The minimum Gasteiger partial charge on any atom is -0.363 e. The molecule has 9 nitrogen and oxygen atoms in total. The van der Waals surface area contributed by atoms with Crippen molar-refractivity contribution in [3.05, 3.63) is 59.1 Å². The molecule has 1 amide bonds. The molecule has 1 atom stereocenters. The molecule has 0 unspecified atom stereocenters. The van der Waals surface area contributed by atoms with Crippen molar-refractivity contribution in [1.29, 1.82) is 0 Å². The van der Waals surface area contributed by atoms with Crippen LogP contribution in [0.15, 0.2) is 53.6 Å². The highest BCUT2D eigenvalue weighted by Crippen LogP contribution is 2.25. The van der Waals surface area contributed by atoms with E-state index in [1.54, 1.807) is 24.5 Å². The summed E-state index contributed by atoms with van der Waals surface area (Å²) in [4.78, 5) is 31.3. The minimum absolute atomic E-state index is 0.0105. The van der Waals surface area contributed by atoms with E-state index in [1.807, 2.05) is 43.3 Å². The first-order valence-corrected chi connectivity index (χ1v) is 11.8. The normalized spacial score (nSPS) is 13.5. The van der Waals surface area contributed by atoms with Gasteiger partial charge in [-0.2, -0.15) is 0 Å². The van der Waals surface area contributed by atoms with E-state index in [4.69, 9.17) is 5.21 Å². The fourth-order valence-corrected chi connectivity index (χ4v) is 4.23. The Hall–Kier alpha value is -3.24. The van der Waals surface area contributed by atoms with Crippen molar-refractivity contribution >= 4 is 32.3 Å². The summed E-state index contributed by atoms with van der Waals surface area (Å²) in [5, 5.41) is 10.2. The molecule has 0 radical (unpaired) electrons. The van der Waals surface area contributed by atoms with Crippen LogP contribution in [0.3, 0.4) is 0 Å². The van der Waals surface area contributed by atoms with E-state index in [1.165, 1.54) is 17.0 Å². The molecule has 170 valence electrons. The summed E-state index contributed by atoms with van der Waals surface area (Å²) in [5.74, 6) is -0.194. The Morgan fingerprint density at radius 3 is 2.44 bits per heavy atom. The van der Waals surface area contributed by atoms with Crippen LogP contribution in [0.5, 0.6) is 0 Å². The summed E-state index contributed by atoms with van der Waals surface area (Å²) >= 11 is 0. The Balaban J connectivity index is 1.92. The highest BCUT2D eigenvalue weighted by atomic mass is 32.2. The average molecular weight is 459 g/mol. The zero-order valence-corrected chi connectivity index (χ0v) is 19.2. The van der Waals surface area contributed by atoms with Crippen LogP contribution in [0.1, 0.15) is 13.3 Å². The molecule has 0 saturated heterocycles. The molecule has 0 saturated carbocycles. The maximum Gasteiger partial charge on any atom is 0.264 e. The first-order chi connectivity index (χ1) is 15.0. The van der Waals surface area contributed by atoms with Gasteiger partial charge < -0.3 is 9.47 Å². The van der Waals surface area contributed by atoms with E-state index in [0.717, 1.165) is 28.6 Å². The number of sulfone groups is 1. The molecule has 2 aromatic heterocycles. The number of hydroxylamine groups is 1. The number of aryl methyl sites for hydroxylation is 1. The van der Waals surface area contributed by atoms with Crippen LogP contribution in [0.4, 0.5) is 5.82 Å². The first kappa shape index (κ1) is 23.4. The summed E-state index contributed by atoms with van der Waals surface area (Å²) in [7, 11) is -0.0135. The highest BCUT2D eigenvalue weighted by molar-refractivity contribution is 7.92. The predicted octanol–water partition coefficient (Wildman–Crippen LogP) is 1.83. The number of hydrogen-bond acceptors (Lipinski definition) is 7. The van der Waals surface area contributed by atoms with Crippen LogP contribution in [-0.4, -0.2) is 54.2 Å². The molecule has 0 bridgehead atoms. The number of hydrogen-bond donors (Lipinski definition) is 2. The van der Waals surface area contributed by atoms with Crippen LogP contribution in [0.25, 0.3) is 21.9 Å². The van der Waals surface area contributed by atoms with Gasteiger partial charge in [0.25, 0.3) is 11.5 Å². The molecular formula is C22H26N4O5S. The largest absolute Gasteiger partial charge is 0.363 e. The first-order valence-electron chi connectivity index (χ1n) is 9.89. The molecule has 0 aliphatic carbocycles. The quantitative estimate of drug-likeness (QED) is 0.409. The van der Waals surface area contributed by atoms with Gasteiger partial charge >= 0.3 is 0 Å². The van der Waals surface area contributed by atoms with Crippen LogP contribution in [0.2, 0.25) is 0 Å². The zero-order valence-electron chi connectivity index (χ0n) is 18.4. The van der Waals surface area contributed by atoms with Crippen molar-refractivity contribution in [1.82, 2.24) is 15.0 Å². The number of carbonyl (C=O) groups excluding carboxylic acids is 1. The van der Waals surface area contributed by atoms with Crippen molar-refractivity contribution in [2.75, 3.05) is 25.3 Å². The zero-order chi connectivity index (χ0) is 23.7. The van der Waals surface area contributed by atoms with Gasteiger partial charge in [0.2, 0.25) is 0 Å². The van der Waals surface area contributed by atoms with Gasteiger partial charge in [-0.3, -0.25) is 14.8 Å². The molecule has 3 aromatic rings. The average Bonchev–Trinajstić information content (AvgIpc) is 2.76. The van der Waals surface area contributed by atoms with E-state index >= 15 is 0 Å². The number of benzene rings is 1. The monoisotopic (exact) mass is 458 g/mol. The maximum atomic E-state index is 12.9. The van der Waals surface area contributed by atoms with Crippen molar-refractivity contribution in [3.8, 4) is 11.1 Å². The van der Waals surface area contributed by atoms with Gasteiger partial charge in [-0.25, -0.2) is 18.9 Å². The van der Waals surface area contributed by atoms with E-state index < -0.39 is 20.5 Å². The van der Waals surface area contributed by atoms with E-state index in [9.17, 15) is 18.0 Å². The number of pyridine rings is 2. The second-order valence-electron chi connectivity index (χ2n) is 8.11. The minimum atomic E-state index is -3.84. The van der Waals surface area contributed by atoms with Crippen LogP contribution < -0.4 is 15.9 Å². The van der Waals surface area contributed by atoms with Crippen molar-refractivity contribution in [3.63, 3.8) is 0 Å². The molecule has 2 N–H and O–H groups in total. The highest BCUT2D eigenvalue weighted by Gasteiger charge is 2.43. The SMILES string of the molecule is CN(C)c1ccc(-c2ccc3c(=O)n(CC[C@@](C)(C(=O)NO)S(C)(=O)=O)ccc3c2)cn1.